The highest BCUT2D eigenvalue weighted by molar-refractivity contribution is 7.13. The van der Waals surface area contributed by atoms with Crippen LogP contribution in [-0.4, -0.2) is 19.5 Å². The zero-order valence-corrected chi connectivity index (χ0v) is 17.3. The Morgan fingerprint density at radius 2 is 1.83 bits per heavy atom. The Bertz CT molecular complexity index is 1180. The molecule has 0 radical (unpaired) electrons. The molecule has 0 aliphatic heterocycles. The number of pyridine rings is 3. The van der Waals surface area contributed by atoms with E-state index in [2.05, 4.69) is 27.9 Å². The van der Waals surface area contributed by atoms with Crippen LogP contribution in [0.3, 0.4) is 0 Å². The first-order valence-electron chi connectivity index (χ1n) is 9.58. The van der Waals surface area contributed by atoms with Crippen molar-refractivity contribution < 1.29 is 0 Å². The first-order valence-corrected chi connectivity index (χ1v) is 10.5. The van der Waals surface area contributed by atoms with Gasteiger partial charge in [-0.05, 0) is 73.2 Å². The Hall–Kier alpha value is -3.12. The third-order valence-corrected chi connectivity index (χ3v) is 5.92. The lowest BCUT2D eigenvalue weighted by Gasteiger charge is -2.12. The van der Waals surface area contributed by atoms with Gasteiger partial charge in [-0.25, -0.2) is 4.98 Å². The lowest BCUT2D eigenvalue weighted by atomic mass is 10.1. The van der Waals surface area contributed by atoms with Crippen LogP contribution >= 0.6 is 11.3 Å². The minimum atomic E-state index is 0.00334. The molecule has 0 saturated carbocycles. The molecule has 0 aliphatic carbocycles. The average Bonchev–Trinajstić information content (AvgIpc) is 3.17. The summed E-state index contributed by atoms with van der Waals surface area (Å²) >= 11 is 1.51. The summed E-state index contributed by atoms with van der Waals surface area (Å²) in [5.41, 5.74) is 6.07. The summed E-state index contributed by atoms with van der Waals surface area (Å²) in [5.74, 6) is 0. The molecule has 0 aromatic carbocycles. The zero-order chi connectivity index (χ0) is 20.2. The first-order chi connectivity index (χ1) is 14.1. The van der Waals surface area contributed by atoms with Crippen molar-refractivity contribution in [3.8, 4) is 21.7 Å². The summed E-state index contributed by atoms with van der Waals surface area (Å²) in [4.78, 5) is 26.0. The second kappa shape index (κ2) is 8.49. The Labute approximate surface area is 173 Å². The van der Waals surface area contributed by atoms with Gasteiger partial charge < -0.3 is 4.57 Å². The molecule has 5 nitrogen and oxygen atoms in total. The van der Waals surface area contributed by atoms with Crippen molar-refractivity contribution in [1.29, 1.82) is 0 Å². The fraction of sp³-hybridized carbons (Fsp3) is 0.217. The minimum Gasteiger partial charge on any atom is -0.314 e. The summed E-state index contributed by atoms with van der Waals surface area (Å²) in [7, 11) is 0. The molecule has 0 fully saturated rings. The predicted octanol–water partition coefficient (Wildman–Crippen LogP) is 4.68. The highest BCUT2D eigenvalue weighted by atomic mass is 32.1. The van der Waals surface area contributed by atoms with Crippen LogP contribution in [0.25, 0.3) is 21.7 Å². The second-order valence-corrected chi connectivity index (χ2v) is 7.93. The molecule has 4 aromatic rings. The van der Waals surface area contributed by atoms with E-state index in [1.54, 1.807) is 12.4 Å². The molecule has 0 amide bonds. The Morgan fingerprint density at radius 1 is 1.03 bits per heavy atom. The number of hydrogen-bond donors (Lipinski definition) is 0. The van der Waals surface area contributed by atoms with Crippen molar-refractivity contribution in [2.45, 2.75) is 33.2 Å². The molecule has 4 aromatic heterocycles. The van der Waals surface area contributed by atoms with E-state index in [4.69, 9.17) is 0 Å². The Balaban J connectivity index is 1.68. The summed E-state index contributed by atoms with van der Waals surface area (Å²) in [6, 6.07) is 7.91. The topological polar surface area (TPSA) is 60.7 Å². The molecule has 0 aliphatic rings. The molecule has 0 N–H and O–H groups in total. The van der Waals surface area contributed by atoms with Gasteiger partial charge >= 0.3 is 0 Å². The zero-order valence-electron chi connectivity index (χ0n) is 16.5. The summed E-state index contributed by atoms with van der Waals surface area (Å²) in [6.07, 6.45) is 11.0. The lowest BCUT2D eigenvalue weighted by molar-refractivity contribution is 0.623. The molecular weight excluding hydrogens is 380 g/mol. The van der Waals surface area contributed by atoms with E-state index in [0.717, 1.165) is 34.7 Å². The molecular formula is C23H22N4OS. The lowest BCUT2D eigenvalue weighted by Crippen LogP contribution is -2.22. The molecule has 0 saturated heterocycles. The summed E-state index contributed by atoms with van der Waals surface area (Å²) < 4.78 is 1.82. The molecule has 0 bridgehead atoms. The second-order valence-electron chi connectivity index (χ2n) is 7.08. The summed E-state index contributed by atoms with van der Waals surface area (Å²) in [6.45, 7) is 4.67. The van der Waals surface area contributed by atoms with E-state index in [-0.39, 0.29) is 5.56 Å². The van der Waals surface area contributed by atoms with Crippen LogP contribution in [0.4, 0.5) is 0 Å². The number of thiazole rings is 1. The Kier molecular flexibility index (Phi) is 5.62. The largest absolute Gasteiger partial charge is 0.314 e. The van der Waals surface area contributed by atoms with Crippen molar-refractivity contribution in [2.24, 2.45) is 0 Å². The third kappa shape index (κ3) is 4.32. The third-order valence-electron chi connectivity index (χ3n) is 4.93. The van der Waals surface area contributed by atoms with Crippen molar-refractivity contribution in [3.63, 3.8) is 0 Å². The van der Waals surface area contributed by atoms with Gasteiger partial charge in [0, 0.05) is 48.6 Å². The molecule has 29 heavy (non-hydrogen) atoms. The van der Waals surface area contributed by atoms with E-state index in [1.165, 1.54) is 22.5 Å². The molecule has 4 rings (SSSR count). The van der Waals surface area contributed by atoms with E-state index in [1.807, 2.05) is 53.7 Å². The van der Waals surface area contributed by atoms with Gasteiger partial charge in [0.05, 0.1) is 5.56 Å². The van der Waals surface area contributed by atoms with Gasteiger partial charge in [-0.15, -0.1) is 11.3 Å². The van der Waals surface area contributed by atoms with E-state index < -0.39 is 0 Å². The predicted molar refractivity (Wildman–Crippen MR) is 117 cm³/mol. The maximum Gasteiger partial charge on any atom is 0.260 e. The van der Waals surface area contributed by atoms with Crippen LogP contribution in [0.1, 0.15) is 23.2 Å². The highest BCUT2D eigenvalue weighted by Crippen LogP contribution is 2.26. The van der Waals surface area contributed by atoms with Crippen LogP contribution < -0.4 is 5.56 Å². The first kappa shape index (κ1) is 19.2. The van der Waals surface area contributed by atoms with Gasteiger partial charge in [-0.1, -0.05) is 0 Å². The van der Waals surface area contributed by atoms with Gasteiger partial charge in [-0.2, -0.15) is 0 Å². The van der Waals surface area contributed by atoms with Crippen molar-refractivity contribution in [3.05, 3.63) is 87.8 Å². The average molecular weight is 403 g/mol. The molecule has 0 unspecified atom stereocenters. The molecule has 4 heterocycles. The number of hydrogen-bond acceptors (Lipinski definition) is 5. The SMILES string of the molecule is Cc1csc(-c2cc(-c3ccncc3)cn(CCCc3ccncc3C)c2=O)n1. The number of nitrogens with zero attached hydrogens (tertiary/aromatic N) is 4. The number of aryl methyl sites for hydroxylation is 4. The number of aromatic nitrogens is 4. The van der Waals surface area contributed by atoms with Crippen molar-refractivity contribution >= 4 is 11.3 Å². The minimum absolute atomic E-state index is 0.00334. The van der Waals surface area contributed by atoms with Crippen LogP contribution in [0, 0.1) is 13.8 Å². The van der Waals surface area contributed by atoms with Crippen LogP contribution in [0.2, 0.25) is 0 Å². The molecule has 146 valence electrons. The van der Waals surface area contributed by atoms with Gasteiger partial charge in [0.2, 0.25) is 0 Å². The van der Waals surface area contributed by atoms with Gasteiger partial charge in [0.1, 0.15) is 5.01 Å². The number of rotatable bonds is 6. The summed E-state index contributed by atoms with van der Waals surface area (Å²) in [5, 5.41) is 2.74. The van der Waals surface area contributed by atoms with Crippen molar-refractivity contribution in [2.75, 3.05) is 0 Å². The normalized spacial score (nSPS) is 11.0. The Morgan fingerprint density at radius 3 is 2.55 bits per heavy atom. The van der Waals surface area contributed by atoms with E-state index >= 15 is 0 Å². The van der Waals surface area contributed by atoms with E-state index in [0.29, 0.717) is 12.1 Å². The van der Waals surface area contributed by atoms with Gasteiger partial charge in [-0.3, -0.25) is 14.8 Å². The van der Waals surface area contributed by atoms with Crippen LogP contribution in [0.5, 0.6) is 0 Å². The monoisotopic (exact) mass is 402 g/mol. The maximum absolute atomic E-state index is 13.2. The van der Waals surface area contributed by atoms with Gasteiger partial charge in [0.15, 0.2) is 0 Å². The standard InChI is InChI=1S/C23H22N4OS/c1-16-13-25-10-5-18(16)4-3-11-27-14-20(19-6-8-24-9-7-19)12-21(23(27)28)22-26-17(2)15-29-22/h5-10,12-15H,3-4,11H2,1-2H3. The molecule has 0 spiro atoms. The van der Waals surface area contributed by atoms with Crippen LogP contribution in [-0.2, 0) is 13.0 Å². The smallest absolute Gasteiger partial charge is 0.260 e. The van der Waals surface area contributed by atoms with Gasteiger partial charge in [0.25, 0.3) is 5.56 Å². The fourth-order valence-electron chi connectivity index (χ4n) is 3.36. The highest BCUT2D eigenvalue weighted by Gasteiger charge is 2.13. The molecule has 0 atom stereocenters. The molecule has 6 heteroatoms. The maximum atomic E-state index is 13.2. The van der Waals surface area contributed by atoms with Crippen molar-refractivity contribution in [1.82, 2.24) is 19.5 Å². The van der Waals surface area contributed by atoms with Crippen LogP contribution in [0.15, 0.2) is 65.4 Å². The quantitative estimate of drug-likeness (QED) is 0.470. The van der Waals surface area contributed by atoms with E-state index in [9.17, 15) is 4.79 Å². The fourth-order valence-corrected chi connectivity index (χ4v) is 4.16.